The molecule has 1 fully saturated rings. The van der Waals surface area contributed by atoms with Crippen LogP contribution in [0.1, 0.15) is 47.3 Å². The average molecular weight is 403 g/mol. The zero-order chi connectivity index (χ0) is 20.3. The number of aryl methyl sites for hydroxylation is 1. The summed E-state index contributed by atoms with van der Waals surface area (Å²) in [5, 5.41) is 2.93. The van der Waals surface area contributed by atoms with Crippen molar-refractivity contribution >= 4 is 15.9 Å². The van der Waals surface area contributed by atoms with Crippen molar-refractivity contribution in [2.75, 3.05) is 20.2 Å². The van der Waals surface area contributed by atoms with Gasteiger partial charge in [-0.05, 0) is 62.1 Å². The molecule has 0 bridgehead atoms. The van der Waals surface area contributed by atoms with E-state index >= 15 is 0 Å². The van der Waals surface area contributed by atoms with Crippen LogP contribution in [0.2, 0.25) is 0 Å². The van der Waals surface area contributed by atoms with Crippen LogP contribution in [0.3, 0.4) is 0 Å². The van der Waals surface area contributed by atoms with Gasteiger partial charge in [0, 0.05) is 18.7 Å². The molecule has 2 aromatic carbocycles. The minimum atomic E-state index is -3.57. The molecule has 150 valence electrons. The lowest BCUT2D eigenvalue weighted by Gasteiger charge is -2.19. The van der Waals surface area contributed by atoms with Crippen LogP contribution in [0, 0.1) is 6.92 Å². The number of carbonyl (C=O) groups is 1. The number of sulfonamides is 1. The van der Waals surface area contributed by atoms with E-state index in [2.05, 4.69) is 5.32 Å². The molecule has 3 rings (SSSR count). The highest BCUT2D eigenvalue weighted by Crippen LogP contribution is 2.25. The number of nitrogens with zero attached hydrogens (tertiary/aromatic N) is 1. The maximum atomic E-state index is 12.9. The van der Waals surface area contributed by atoms with Crippen LogP contribution in [0.15, 0.2) is 47.4 Å². The molecule has 1 atom stereocenters. The molecule has 0 aliphatic carbocycles. The number of carbonyl (C=O) groups excluding carboxylic acids is 1. The van der Waals surface area contributed by atoms with Gasteiger partial charge in [0.25, 0.3) is 5.91 Å². The number of hydrogen-bond donors (Lipinski definition) is 1. The second kappa shape index (κ2) is 8.32. The lowest BCUT2D eigenvalue weighted by molar-refractivity contribution is 0.0939. The Labute approximate surface area is 166 Å². The minimum absolute atomic E-state index is 0.208. The highest BCUT2D eigenvalue weighted by atomic mass is 32.2. The zero-order valence-corrected chi connectivity index (χ0v) is 17.3. The number of amides is 1. The van der Waals surface area contributed by atoms with Gasteiger partial charge < -0.3 is 10.1 Å². The van der Waals surface area contributed by atoms with Crippen molar-refractivity contribution in [2.24, 2.45) is 0 Å². The first-order chi connectivity index (χ1) is 13.3. The first-order valence-corrected chi connectivity index (χ1v) is 10.8. The van der Waals surface area contributed by atoms with Gasteiger partial charge in [-0.15, -0.1) is 0 Å². The van der Waals surface area contributed by atoms with E-state index in [1.165, 1.54) is 10.4 Å². The number of nitrogens with one attached hydrogen (secondary N) is 1. The number of methoxy groups -OCH3 is 1. The molecule has 1 saturated heterocycles. The van der Waals surface area contributed by atoms with E-state index in [1.54, 1.807) is 26.2 Å². The van der Waals surface area contributed by atoms with E-state index in [0.717, 1.165) is 24.2 Å². The Kier molecular flexibility index (Phi) is 6.05. The van der Waals surface area contributed by atoms with Crippen molar-refractivity contribution in [2.45, 2.75) is 37.6 Å². The third-order valence-corrected chi connectivity index (χ3v) is 7.14. The topological polar surface area (TPSA) is 75.7 Å². The van der Waals surface area contributed by atoms with E-state index in [-0.39, 0.29) is 16.8 Å². The fourth-order valence-corrected chi connectivity index (χ4v) is 5.11. The Balaban J connectivity index is 1.80. The van der Waals surface area contributed by atoms with Gasteiger partial charge in [-0.25, -0.2) is 8.42 Å². The maximum Gasteiger partial charge on any atom is 0.251 e. The number of hydrogen-bond acceptors (Lipinski definition) is 4. The van der Waals surface area contributed by atoms with Crippen LogP contribution in [-0.2, 0) is 10.0 Å². The van der Waals surface area contributed by atoms with Crippen molar-refractivity contribution in [1.29, 1.82) is 0 Å². The molecule has 1 heterocycles. The number of ether oxygens (including phenoxy) is 1. The van der Waals surface area contributed by atoms with Crippen LogP contribution >= 0.6 is 0 Å². The van der Waals surface area contributed by atoms with Crippen LogP contribution in [-0.4, -0.2) is 38.8 Å². The first-order valence-electron chi connectivity index (χ1n) is 9.38. The molecule has 0 saturated carbocycles. The van der Waals surface area contributed by atoms with Gasteiger partial charge in [-0.1, -0.05) is 18.2 Å². The minimum Gasteiger partial charge on any atom is -0.497 e. The Morgan fingerprint density at radius 1 is 1.11 bits per heavy atom. The summed E-state index contributed by atoms with van der Waals surface area (Å²) in [5.74, 6) is 0.443. The summed E-state index contributed by atoms with van der Waals surface area (Å²) in [7, 11) is -1.97. The van der Waals surface area contributed by atoms with Crippen molar-refractivity contribution in [1.82, 2.24) is 9.62 Å². The van der Waals surface area contributed by atoms with Gasteiger partial charge in [0.1, 0.15) is 5.75 Å². The van der Waals surface area contributed by atoms with Crippen LogP contribution < -0.4 is 10.1 Å². The molecule has 1 aliphatic heterocycles. The van der Waals surface area contributed by atoms with Gasteiger partial charge in [0.2, 0.25) is 10.0 Å². The predicted octanol–water partition coefficient (Wildman–Crippen LogP) is 3.28. The van der Waals surface area contributed by atoms with Gasteiger partial charge in [0.15, 0.2) is 0 Å². The highest BCUT2D eigenvalue weighted by molar-refractivity contribution is 7.89. The molecule has 6 nitrogen and oxygen atoms in total. The Morgan fingerprint density at radius 2 is 1.75 bits per heavy atom. The molecule has 1 amide bonds. The standard InChI is InChI=1S/C21H26N2O4S/c1-15-6-7-18(14-20(15)28(25,26)23-12-4-5-13-23)21(24)22-16(2)17-8-10-19(27-3)11-9-17/h6-11,14,16H,4-5,12-13H2,1-3H3,(H,22,24)/t16-/m0/s1. The highest BCUT2D eigenvalue weighted by Gasteiger charge is 2.29. The fraction of sp³-hybridized carbons (Fsp3) is 0.381. The van der Waals surface area contributed by atoms with E-state index in [9.17, 15) is 13.2 Å². The van der Waals surface area contributed by atoms with E-state index < -0.39 is 10.0 Å². The summed E-state index contributed by atoms with van der Waals surface area (Å²) < 4.78 is 32.5. The third kappa shape index (κ3) is 4.20. The van der Waals surface area contributed by atoms with Crippen molar-refractivity contribution in [3.05, 3.63) is 59.2 Å². The lowest BCUT2D eigenvalue weighted by Crippen LogP contribution is -2.30. The van der Waals surface area contributed by atoms with Gasteiger partial charge in [0.05, 0.1) is 18.0 Å². The summed E-state index contributed by atoms with van der Waals surface area (Å²) in [6, 6.07) is 12.1. The van der Waals surface area contributed by atoms with Gasteiger partial charge in [-0.2, -0.15) is 4.31 Å². The second-order valence-corrected chi connectivity index (χ2v) is 8.97. The smallest absolute Gasteiger partial charge is 0.251 e. The van der Waals surface area contributed by atoms with E-state index in [0.29, 0.717) is 24.2 Å². The van der Waals surface area contributed by atoms with Crippen molar-refractivity contribution in [3.8, 4) is 5.75 Å². The molecule has 1 N–H and O–H groups in total. The SMILES string of the molecule is COc1ccc([C@H](C)NC(=O)c2ccc(C)c(S(=O)(=O)N3CCCC3)c2)cc1. The molecule has 2 aromatic rings. The monoisotopic (exact) mass is 402 g/mol. The zero-order valence-electron chi connectivity index (χ0n) is 16.4. The number of benzene rings is 2. The van der Waals surface area contributed by atoms with Crippen molar-refractivity contribution < 1.29 is 17.9 Å². The van der Waals surface area contributed by atoms with Crippen LogP contribution in [0.4, 0.5) is 0 Å². The first kappa shape index (κ1) is 20.4. The predicted molar refractivity (Wildman–Crippen MR) is 108 cm³/mol. The van der Waals surface area contributed by atoms with Gasteiger partial charge in [-0.3, -0.25) is 4.79 Å². The Bertz CT molecular complexity index is 949. The normalized spacial score (nSPS) is 16.0. The average Bonchev–Trinajstić information content (AvgIpc) is 3.24. The van der Waals surface area contributed by atoms with E-state index in [1.807, 2.05) is 31.2 Å². The summed E-state index contributed by atoms with van der Waals surface area (Å²) in [6.07, 6.45) is 1.75. The Morgan fingerprint density at radius 3 is 2.36 bits per heavy atom. The molecular formula is C21H26N2O4S. The summed E-state index contributed by atoms with van der Waals surface area (Å²) in [5.41, 5.74) is 1.92. The summed E-state index contributed by atoms with van der Waals surface area (Å²) in [4.78, 5) is 12.9. The molecule has 7 heteroatoms. The molecule has 1 aliphatic rings. The summed E-state index contributed by atoms with van der Waals surface area (Å²) in [6.45, 7) is 4.71. The summed E-state index contributed by atoms with van der Waals surface area (Å²) >= 11 is 0. The Hall–Kier alpha value is -2.38. The molecule has 0 radical (unpaired) electrons. The van der Waals surface area contributed by atoms with E-state index in [4.69, 9.17) is 4.74 Å². The number of rotatable bonds is 6. The second-order valence-electron chi connectivity index (χ2n) is 7.06. The van der Waals surface area contributed by atoms with Gasteiger partial charge >= 0.3 is 0 Å². The van der Waals surface area contributed by atoms with Crippen molar-refractivity contribution in [3.63, 3.8) is 0 Å². The quantitative estimate of drug-likeness (QED) is 0.805. The van der Waals surface area contributed by atoms with Crippen LogP contribution in [0.5, 0.6) is 5.75 Å². The molecule has 28 heavy (non-hydrogen) atoms. The lowest BCUT2D eigenvalue weighted by atomic mass is 10.1. The molecule has 0 unspecified atom stereocenters. The fourth-order valence-electron chi connectivity index (χ4n) is 3.34. The molecule has 0 aromatic heterocycles. The molecule has 0 spiro atoms. The third-order valence-electron chi connectivity index (χ3n) is 5.10. The maximum absolute atomic E-state index is 12.9. The molecular weight excluding hydrogens is 376 g/mol. The largest absolute Gasteiger partial charge is 0.497 e. The van der Waals surface area contributed by atoms with Crippen LogP contribution in [0.25, 0.3) is 0 Å².